The number of fused-ring (bicyclic) bond motifs is 1. The number of methoxy groups -OCH3 is 1. The zero-order chi connectivity index (χ0) is 14.1. The van der Waals surface area contributed by atoms with Crippen LogP contribution in [0.5, 0.6) is 5.75 Å². The zero-order valence-electron chi connectivity index (χ0n) is 10.9. The Bertz CT molecular complexity index is 751. The lowest BCUT2D eigenvalue weighted by atomic mass is 9.99. The maximum absolute atomic E-state index is 10.6. The highest BCUT2D eigenvalue weighted by Gasteiger charge is 2.19. The molecule has 0 aliphatic rings. The molecular formula is C16H14ClNO2. The van der Waals surface area contributed by atoms with Crippen molar-refractivity contribution in [2.24, 2.45) is 0 Å². The maximum atomic E-state index is 10.6. The molecule has 3 nitrogen and oxygen atoms in total. The van der Waals surface area contributed by atoms with Crippen molar-refractivity contribution in [1.82, 2.24) is 4.98 Å². The zero-order valence-corrected chi connectivity index (χ0v) is 11.7. The molecule has 0 saturated heterocycles. The molecule has 1 heterocycles. The van der Waals surface area contributed by atoms with Gasteiger partial charge in [-0.3, -0.25) is 0 Å². The number of H-pyrrole nitrogens is 1. The molecule has 1 atom stereocenters. The van der Waals surface area contributed by atoms with Crippen LogP contribution in [0.4, 0.5) is 0 Å². The molecule has 0 saturated carbocycles. The van der Waals surface area contributed by atoms with Crippen molar-refractivity contribution >= 4 is 22.5 Å². The summed E-state index contributed by atoms with van der Waals surface area (Å²) >= 11 is 6.20. The van der Waals surface area contributed by atoms with Crippen LogP contribution in [0.15, 0.2) is 48.7 Å². The van der Waals surface area contributed by atoms with Crippen LogP contribution < -0.4 is 4.74 Å². The van der Waals surface area contributed by atoms with E-state index in [1.165, 1.54) is 0 Å². The molecule has 0 aliphatic carbocycles. The highest BCUT2D eigenvalue weighted by Crippen LogP contribution is 2.36. The van der Waals surface area contributed by atoms with E-state index < -0.39 is 6.10 Å². The fraction of sp³-hybridized carbons (Fsp3) is 0.125. The second-order valence-electron chi connectivity index (χ2n) is 4.58. The minimum Gasteiger partial charge on any atom is -0.496 e. The number of hydrogen-bond acceptors (Lipinski definition) is 2. The van der Waals surface area contributed by atoms with Gasteiger partial charge in [-0.25, -0.2) is 0 Å². The van der Waals surface area contributed by atoms with Gasteiger partial charge in [-0.15, -0.1) is 0 Å². The monoisotopic (exact) mass is 287 g/mol. The largest absolute Gasteiger partial charge is 0.496 e. The molecule has 0 bridgehead atoms. The minimum atomic E-state index is -0.821. The Balaban J connectivity index is 2.09. The summed E-state index contributed by atoms with van der Waals surface area (Å²) in [7, 11) is 1.57. The fourth-order valence-electron chi connectivity index (χ4n) is 2.37. The number of halogens is 1. The Morgan fingerprint density at radius 3 is 2.85 bits per heavy atom. The van der Waals surface area contributed by atoms with E-state index in [2.05, 4.69) is 4.98 Å². The first kappa shape index (κ1) is 13.0. The highest BCUT2D eigenvalue weighted by atomic mass is 35.5. The van der Waals surface area contributed by atoms with Crippen molar-refractivity contribution in [3.05, 3.63) is 64.8 Å². The smallest absolute Gasteiger partial charge is 0.126 e. The Morgan fingerprint density at radius 2 is 2.05 bits per heavy atom. The van der Waals surface area contributed by atoms with Gasteiger partial charge in [0.25, 0.3) is 0 Å². The molecule has 2 N–H and O–H groups in total. The van der Waals surface area contributed by atoms with Crippen molar-refractivity contribution in [1.29, 1.82) is 0 Å². The summed E-state index contributed by atoms with van der Waals surface area (Å²) in [6.45, 7) is 0. The number of nitrogens with one attached hydrogen (secondary N) is 1. The normalized spacial score (nSPS) is 12.6. The molecule has 3 rings (SSSR count). The Labute approximate surface area is 121 Å². The number of aliphatic hydroxyl groups is 1. The van der Waals surface area contributed by atoms with E-state index >= 15 is 0 Å². The van der Waals surface area contributed by atoms with Crippen LogP contribution >= 0.6 is 11.6 Å². The summed E-state index contributed by atoms with van der Waals surface area (Å²) in [5.41, 5.74) is 2.40. The number of ether oxygens (including phenoxy) is 1. The predicted molar refractivity (Wildman–Crippen MR) is 80.4 cm³/mol. The summed E-state index contributed by atoms with van der Waals surface area (Å²) in [6, 6.07) is 13.1. The van der Waals surface area contributed by atoms with Crippen molar-refractivity contribution in [3.63, 3.8) is 0 Å². The van der Waals surface area contributed by atoms with Gasteiger partial charge in [0.1, 0.15) is 11.9 Å². The summed E-state index contributed by atoms with van der Waals surface area (Å²) in [5, 5.41) is 12.1. The van der Waals surface area contributed by atoms with Gasteiger partial charge in [0.15, 0.2) is 0 Å². The molecule has 4 heteroatoms. The molecule has 0 fully saturated rings. The third-order valence-corrected chi connectivity index (χ3v) is 3.73. The van der Waals surface area contributed by atoms with E-state index in [0.717, 1.165) is 16.5 Å². The Hall–Kier alpha value is -1.97. The molecule has 1 aromatic heterocycles. The number of aromatic nitrogens is 1. The van der Waals surface area contributed by atoms with Crippen LogP contribution in [0.3, 0.4) is 0 Å². The molecule has 0 spiro atoms. The lowest BCUT2D eigenvalue weighted by molar-refractivity contribution is 0.215. The predicted octanol–water partition coefficient (Wildman–Crippen LogP) is 3.91. The van der Waals surface area contributed by atoms with E-state index in [-0.39, 0.29) is 0 Å². The molecule has 102 valence electrons. The molecule has 1 unspecified atom stereocenters. The SMILES string of the molecule is COc1cccc(Cl)c1C(O)c1ccc2[nH]ccc2c1. The molecule has 0 aliphatic heterocycles. The minimum absolute atomic E-state index is 0.492. The van der Waals surface area contributed by atoms with Crippen molar-refractivity contribution in [3.8, 4) is 5.75 Å². The first-order valence-corrected chi connectivity index (χ1v) is 6.66. The van der Waals surface area contributed by atoms with Crippen LogP contribution in [0, 0.1) is 0 Å². The Kier molecular flexibility index (Phi) is 3.38. The van der Waals surface area contributed by atoms with Crippen molar-refractivity contribution in [2.45, 2.75) is 6.10 Å². The summed E-state index contributed by atoms with van der Waals surface area (Å²) in [4.78, 5) is 3.13. The van der Waals surface area contributed by atoms with Gasteiger partial charge in [0.2, 0.25) is 0 Å². The first-order valence-electron chi connectivity index (χ1n) is 6.28. The Morgan fingerprint density at radius 1 is 1.20 bits per heavy atom. The molecular weight excluding hydrogens is 274 g/mol. The van der Waals surface area contributed by atoms with Crippen LogP contribution in [-0.4, -0.2) is 17.2 Å². The van der Waals surface area contributed by atoms with E-state index in [0.29, 0.717) is 16.3 Å². The second kappa shape index (κ2) is 5.19. The van der Waals surface area contributed by atoms with Gasteiger partial charge in [0.05, 0.1) is 12.1 Å². The third kappa shape index (κ3) is 2.15. The summed E-state index contributed by atoms with van der Waals surface area (Å²) < 4.78 is 5.29. The van der Waals surface area contributed by atoms with Crippen molar-refractivity contribution in [2.75, 3.05) is 7.11 Å². The van der Waals surface area contributed by atoms with Crippen molar-refractivity contribution < 1.29 is 9.84 Å². The van der Waals surface area contributed by atoms with E-state index in [4.69, 9.17) is 16.3 Å². The number of hydrogen-bond donors (Lipinski definition) is 2. The standard InChI is InChI=1S/C16H14ClNO2/c1-20-14-4-2-3-12(17)15(14)16(19)11-5-6-13-10(9-11)7-8-18-13/h2-9,16,18-19H,1H3. The van der Waals surface area contributed by atoms with E-state index in [1.54, 1.807) is 25.3 Å². The topological polar surface area (TPSA) is 45.2 Å². The fourth-order valence-corrected chi connectivity index (χ4v) is 2.64. The summed E-state index contributed by atoms with van der Waals surface area (Å²) in [6.07, 6.45) is 1.05. The molecule has 2 aromatic carbocycles. The van der Waals surface area contributed by atoms with Crippen LogP contribution in [0.1, 0.15) is 17.2 Å². The quantitative estimate of drug-likeness (QED) is 0.767. The number of aromatic amines is 1. The maximum Gasteiger partial charge on any atom is 0.126 e. The van der Waals surface area contributed by atoms with Gasteiger partial charge in [-0.2, -0.15) is 0 Å². The third-order valence-electron chi connectivity index (χ3n) is 3.40. The van der Waals surface area contributed by atoms with Gasteiger partial charge < -0.3 is 14.8 Å². The molecule has 3 aromatic rings. The van der Waals surface area contributed by atoms with Gasteiger partial charge in [-0.1, -0.05) is 23.7 Å². The van der Waals surface area contributed by atoms with Crippen LogP contribution in [0.2, 0.25) is 5.02 Å². The molecule has 20 heavy (non-hydrogen) atoms. The lowest BCUT2D eigenvalue weighted by Crippen LogP contribution is -2.03. The first-order chi connectivity index (χ1) is 9.70. The van der Waals surface area contributed by atoms with Gasteiger partial charge in [0, 0.05) is 17.3 Å². The molecule has 0 radical (unpaired) electrons. The number of rotatable bonds is 3. The number of benzene rings is 2. The summed E-state index contributed by atoms with van der Waals surface area (Å²) in [5.74, 6) is 0.583. The average molecular weight is 288 g/mol. The van der Waals surface area contributed by atoms with Gasteiger partial charge in [-0.05, 0) is 41.3 Å². The van der Waals surface area contributed by atoms with Gasteiger partial charge >= 0.3 is 0 Å². The van der Waals surface area contributed by atoms with Crippen LogP contribution in [0.25, 0.3) is 10.9 Å². The van der Waals surface area contributed by atoms with E-state index in [9.17, 15) is 5.11 Å². The lowest BCUT2D eigenvalue weighted by Gasteiger charge is -2.16. The highest BCUT2D eigenvalue weighted by molar-refractivity contribution is 6.31. The number of aliphatic hydroxyl groups excluding tert-OH is 1. The van der Waals surface area contributed by atoms with Crippen LogP contribution in [-0.2, 0) is 0 Å². The average Bonchev–Trinajstić information content (AvgIpc) is 2.93. The second-order valence-corrected chi connectivity index (χ2v) is 4.99. The molecule has 0 amide bonds. The van der Waals surface area contributed by atoms with E-state index in [1.807, 2.05) is 30.5 Å².